The molecular formula is C90H81Ir2N4O4-3. The van der Waals surface area contributed by atoms with E-state index in [1.54, 1.807) is 42.5 Å². The first-order valence-electron chi connectivity index (χ1n) is 47.9. The van der Waals surface area contributed by atoms with Gasteiger partial charge in [-0.25, -0.2) is 0 Å². The Kier molecular flexibility index (Phi) is 13.3. The summed E-state index contributed by atoms with van der Waals surface area (Å²) < 4.78 is 294. The zero-order chi connectivity index (χ0) is 99.3. The fourth-order valence-corrected chi connectivity index (χ4v) is 10.9. The summed E-state index contributed by atoms with van der Waals surface area (Å²) in [5, 5.41) is 21.0. The van der Waals surface area contributed by atoms with Gasteiger partial charge in [-0.2, -0.15) is 0 Å². The third kappa shape index (κ3) is 16.1. The van der Waals surface area contributed by atoms with Gasteiger partial charge in [0, 0.05) is 161 Å². The number of benzene rings is 10. The molecule has 0 amide bonds. The molecule has 10 heteroatoms. The Balaban J connectivity index is 0.000000213. The molecule has 0 bridgehead atoms. The Bertz CT molecular complexity index is 6420. The maximum absolute atomic E-state index is 8.21. The van der Waals surface area contributed by atoms with Crippen molar-refractivity contribution >= 4 is 65.4 Å². The summed E-state index contributed by atoms with van der Waals surface area (Å²) in [6, 6.07) is 62.6. The van der Waals surface area contributed by atoms with Gasteiger partial charge in [-0.3, -0.25) is 4.98 Å². The maximum atomic E-state index is 8.21. The molecule has 0 spiro atoms. The first-order chi connectivity index (χ1) is 62.1. The second-order valence-electron chi connectivity index (χ2n) is 21.8. The van der Waals surface area contributed by atoms with Gasteiger partial charge in [0.2, 0.25) is 0 Å². The van der Waals surface area contributed by atoms with Gasteiger partial charge in [0.15, 0.2) is 0 Å². The van der Waals surface area contributed by atoms with Gasteiger partial charge in [0.1, 0.15) is 16.7 Å². The van der Waals surface area contributed by atoms with Crippen molar-refractivity contribution in [1.82, 2.24) is 19.9 Å². The van der Waals surface area contributed by atoms with Crippen LogP contribution in [0.1, 0.15) is 116 Å². The molecule has 10 aromatic carbocycles. The van der Waals surface area contributed by atoms with Crippen molar-refractivity contribution in [2.45, 2.75) is 82.2 Å². The van der Waals surface area contributed by atoms with Gasteiger partial charge in [0.05, 0.1) is 11.3 Å². The van der Waals surface area contributed by atoms with Crippen LogP contribution in [-0.4, -0.2) is 44.4 Å². The molecule has 0 saturated carbocycles. The van der Waals surface area contributed by atoms with Crippen LogP contribution < -0.4 is 0 Å². The predicted molar refractivity (Wildman–Crippen MR) is 409 cm³/mol. The summed E-state index contributed by atoms with van der Waals surface area (Å²) in [6.45, 7) is -31.9. The number of furan rings is 2. The molecule has 16 rings (SSSR count). The van der Waals surface area contributed by atoms with E-state index in [1.165, 1.54) is 60.9 Å². The topological polar surface area (TPSA) is 118 Å². The van der Waals surface area contributed by atoms with E-state index in [0.717, 1.165) is 94.0 Å². The standard InChI is InChI=1S/C31H25NO.C31H24NO.2C13H12N.2CH4O.2Ir/c2*1-18-14-20(3)27(15-19(18)2)28-16-29(32-17-21(28)4)26-11-7-10-24-25-13-12-22-8-5-6-9-23(22)30(25)33-31(24)26;2*1-10-3-6-12(7-4-10)13-8-5-11(2)9-14-13;2*1-2;;/h5-17H,1-4H3;5-10,12-17H,1-4H3;2*3-6,8-9H,1-2H3;2*2H,1H3;;/q;3*-1;;;;/i2*1D3,2D3,3D3,4D3;2*1D3,2D3;;;;. The molecule has 0 saturated heterocycles. The van der Waals surface area contributed by atoms with E-state index < -0.39 is 116 Å². The van der Waals surface area contributed by atoms with Crippen molar-refractivity contribution in [2.75, 3.05) is 14.2 Å². The molecule has 0 atom stereocenters. The predicted octanol–water partition coefficient (Wildman–Crippen LogP) is 22.7. The molecule has 100 heavy (non-hydrogen) atoms. The Morgan fingerprint density at radius 1 is 0.300 bits per heavy atom. The minimum absolute atomic E-state index is 0. The largest absolute Gasteiger partial charge is 0.500 e. The van der Waals surface area contributed by atoms with Crippen molar-refractivity contribution in [3.8, 4) is 67.3 Å². The van der Waals surface area contributed by atoms with Gasteiger partial charge in [0.25, 0.3) is 0 Å². The first kappa shape index (κ1) is 39.8. The first-order valence-corrected chi connectivity index (χ1v) is 29.9. The number of aryl methyl sites for hydroxylation is 12. The molecule has 0 unspecified atom stereocenters. The van der Waals surface area contributed by atoms with Crippen LogP contribution in [0.4, 0.5) is 0 Å². The van der Waals surface area contributed by atoms with E-state index in [0.29, 0.717) is 56.0 Å². The van der Waals surface area contributed by atoms with Gasteiger partial charge in [-0.1, -0.05) is 158 Å². The molecule has 0 aliphatic heterocycles. The summed E-state index contributed by atoms with van der Waals surface area (Å²) in [7, 11) is 2.00. The summed E-state index contributed by atoms with van der Waals surface area (Å²) in [4.78, 5) is 17.0. The second-order valence-corrected chi connectivity index (χ2v) is 21.8. The minimum atomic E-state index is -2.95. The van der Waals surface area contributed by atoms with Crippen molar-refractivity contribution in [1.29, 1.82) is 0 Å². The molecule has 0 fully saturated rings. The van der Waals surface area contributed by atoms with Crippen molar-refractivity contribution in [3.63, 3.8) is 0 Å². The molecule has 16 aromatic rings. The molecule has 2 radical (unpaired) electrons. The second kappa shape index (κ2) is 33.3. The SMILES string of the molecule is CO.CO.[2H]C([2H])([2H])c1c[c-]c(-c2ccc(C([2H])([2H])[2H])cn2)cc1.[2H]C([2H])([2H])c1c[c-]c(-c2ccc(C([2H])([2H])[2H])cn2)cc1.[2H]C([2H])([2H])c1cnc(-c2[c-]ccc3c2oc2c4ccccc4ccc32)cc1-c1cc(C([2H])([2H])[2H])c(C([2H])([2H])[2H])cc1C([2H])([2H])[2H].[2H]C([2H])([2H])c1cnc(-c2cccc3c2oc2c4ccccc4ccc32)cc1-c1cc(C([2H])([2H])[2H])c(C([2H])([2H])[2H])cc1C([2H])([2H])[2H].[Ir].[Ir]. The van der Waals surface area contributed by atoms with Crippen LogP contribution in [0.2, 0.25) is 0 Å². The molecule has 506 valence electrons. The van der Waals surface area contributed by atoms with Crippen molar-refractivity contribution < 1.29 is 109 Å². The Labute approximate surface area is 665 Å². The van der Waals surface area contributed by atoms with Crippen molar-refractivity contribution in [2.24, 2.45) is 0 Å². The van der Waals surface area contributed by atoms with Crippen LogP contribution in [0, 0.1) is 100 Å². The summed E-state index contributed by atoms with van der Waals surface area (Å²) in [5.41, 5.74) is 1.77. The zero-order valence-corrected chi connectivity index (χ0v) is 57.8. The van der Waals surface area contributed by atoms with Gasteiger partial charge >= 0.3 is 0 Å². The molecule has 0 aliphatic carbocycles. The summed E-state index contributed by atoms with van der Waals surface area (Å²) in [6.07, 6.45) is 4.81. The fraction of sp³-hybridized carbons (Fsp3) is 0.156. The molecule has 8 nitrogen and oxygen atoms in total. The van der Waals surface area contributed by atoms with Crippen LogP contribution in [0.3, 0.4) is 0 Å². The number of rotatable bonds is 6. The fourth-order valence-electron chi connectivity index (χ4n) is 10.9. The molecule has 6 aromatic heterocycles. The number of aromatic nitrogens is 4. The number of hydrogen-bond acceptors (Lipinski definition) is 8. The van der Waals surface area contributed by atoms with E-state index in [-0.39, 0.29) is 107 Å². The van der Waals surface area contributed by atoms with Gasteiger partial charge in [-0.05, 0) is 192 Å². The van der Waals surface area contributed by atoms with E-state index in [1.807, 2.05) is 84.9 Å². The van der Waals surface area contributed by atoms with Crippen LogP contribution in [0.25, 0.3) is 133 Å². The number of pyridine rings is 4. The quantitative estimate of drug-likeness (QED) is 0.158. The van der Waals surface area contributed by atoms with E-state index >= 15 is 0 Å². The smallest absolute Gasteiger partial charge is 0.144 e. The maximum Gasteiger partial charge on any atom is 0.144 e. The molecular weight excluding hydrogens is 1590 g/mol. The number of hydrogen-bond donors (Lipinski definition) is 2. The van der Waals surface area contributed by atoms with Crippen LogP contribution in [0.15, 0.2) is 234 Å². The normalized spacial score (nSPS) is 17.5. The summed E-state index contributed by atoms with van der Waals surface area (Å²) in [5.74, 6) is 0. The third-order valence-corrected chi connectivity index (χ3v) is 15.7. The van der Waals surface area contributed by atoms with Crippen molar-refractivity contribution in [3.05, 3.63) is 310 Å². The third-order valence-electron chi connectivity index (χ3n) is 15.7. The number of aliphatic hydroxyl groups is 2. The molecule has 6 heterocycles. The van der Waals surface area contributed by atoms with E-state index in [4.69, 9.17) is 68.4 Å². The van der Waals surface area contributed by atoms with E-state index in [9.17, 15) is 0 Å². The average molecular weight is 1700 g/mol. The van der Waals surface area contributed by atoms with Gasteiger partial charge < -0.3 is 34.0 Å². The zero-order valence-electron chi connectivity index (χ0n) is 89.0. The molecule has 0 aliphatic rings. The average Bonchev–Trinajstić information content (AvgIpc) is 1.71. The van der Waals surface area contributed by atoms with Crippen LogP contribution >= 0.6 is 0 Å². The Morgan fingerprint density at radius 2 is 0.720 bits per heavy atom. The Hall–Kier alpha value is -9.86. The monoisotopic (exact) mass is 1700 g/mol. The number of fused-ring (bicyclic) bond motifs is 10. The number of aliphatic hydroxyl groups excluding tert-OH is 2. The van der Waals surface area contributed by atoms with Crippen LogP contribution in [-0.2, 0) is 40.2 Å². The minimum Gasteiger partial charge on any atom is -0.500 e. The van der Waals surface area contributed by atoms with Crippen LogP contribution in [0.5, 0.6) is 0 Å². The Morgan fingerprint density at radius 3 is 1.19 bits per heavy atom. The number of para-hydroxylation sites is 1. The number of nitrogens with zero attached hydrogens (tertiary/aromatic N) is 4. The summed E-state index contributed by atoms with van der Waals surface area (Å²) >= 11 is 0. The molecule has 2 N–H and O–H groups in total. The van der Waals surface area contributed by atoms with Gasteiger partial charge in [-0.15, -0.1) is 89.0 Å². The van der Waals surface area contributed by atoms with E-state index in [2.05, 4.69) is 38.1 Å².